The molecule has 1 N–H and O–H groups in total. The van der Waals surface area contributed by atoms with Crippen LogP contribution >= 0.6 is 14.1 Å². The Balaban J connectivity index is 0.000000224. The zero-order valence-corrected chi connectivity index (χ0v) is 15.6. The normalized spacial score (nSPS) is 13.4. The first-order valence-corrected chi connectivity index (χ1v) is 13.8. The highest BCUT2D eigenvalue weighted by molar-refractivity contribution is 8.63. The van der Waals surface area contributed by atoms with Gasteiger partial charge in [-0.05, 0) is 74.7 Å². The van der Waals surface area contributed by atoms with Crippen molar-refractivity contribution in [3.05, 3.63) is 29.8 Å². The van der Waals surface area contributed by atoms with Gasteiger partial charge in [-0.2, -0.15) is 0 Å². The summed E-state index contributed by atoms with van der Waals surface area (Å²) >= 11 is 9.23. The Labute approximate surface area is 134 Å². The van der Waals surface area contributed by atoms with Crippen molar-refractivity contribution in [2.75, 3.05) is 5.32 Å². The van der Waals surface area contributed by atoms with Crippen LogP contribution in [-0.2, 0) is 61.5 Å². The second-order valence-electron chi connectivity index (χ2n) is 3.43. The van der Waals surface area contributed by atoms with Crippen molar-refractivity contribution in [2.45, 2.75) is 19.3 Å². The van der Waals surface area contributed by atoms with E-state index in [0.29, 0.717) is 6.42 Å². The maximum Gasteiger partial charge on any atom is 0.224 e. The topological polar surface area (TPSA) is 29.1 Å². The molecule has 1 aromatic carbocycles. The van der Waals surface area contributed by atoms with Crippen molar-refractivity contribution in [1.29, 1.82) is 0 Å². The lowest BCUT2D eigenvalue weighted by Gasteiger charge is -2.04. The van der Waals surface area contributed by atoms with Gasteiger partial charge in [0.2, 0.25) is 5.91 Å². The van der Waals surface area contributed by atoms with Gasteiger partial charge in [-0.15, -0.1) is 0 Å². The molecule has 1 aliphatic rings. The van der Waals surface area contributed by atoms with Crippen LogP contribution < -0.4 is 5.32 Å². The van der Waals surface area contributed by atoms with Crippen LogP contribution in [0, 0.1) is 0 Å². The van der Waals surface area contributed by atoms with Gasteiger partial charge in [0.1, 0.15) is 0 Å². The highest BCUT2D eigenvalue weighted by Gasteiger charge is 2.10. The zero-order valence-electron chi connectivity index (χ0n) is 9.77. The molecule has 1 aliphatic heterocycles. The molecule has 0 bridgehead atoms. The molecule has 0 unspecified atom stereocenters. The Morgan fingerprint density at radius 2 is 2.05 bits per heavy atom. The number of carbonyl (C=O) groups is 1. The predicted molar refractivity (Wildman–Crippen MR) is 98.7 cm³/mol. The van der Waals surface area contributed by atoms with Crippen molar-refractivity contribution in [3.8, 4) is 0 Å². The van der Waals surface area contributed by atoms with Crippen LogP contribution in [0.1, 0.15) is 18.4 Å². The summed E-state index contributed by atoms with van der Waals surface area (Å²) in [6.45, 7) is 0. The van der Waals surface area contributed by atoms with E-state index in [1.54, 1.807) is 18.4 Å². The molecule has 2 nitrogen and oxygen atoms in total. The van der Waals surface area contributed by atoms with Gasteiger partial charge < -0.3 is 5.32 Å². The Bertz CT molecular complexity index is 589. The molecule has 102 valence electrons. The number of hydrogen-bond acceptors (Lipinski definition) is 3. The lowest BCUT2D eigenvalue weighted by Crippen LogP contribution is -2.08. The summed E-state index contributed by atoms with van der Waals surface area (Å²) in [5.41, 5.74) is 2.24. The molecule has 0 saturated heterocycles. The van der Waals surface area contributed by atoms with Crippen LogP contribution in [0.25, 0.3) is 0 Å². The van der Waals surface area contributed by atoms with Crippen LogP contribution in [0.5, 0.6) is 0 Å². The summed E-state index contributed by atoms with van der Waals surface area (Å²) < 4.78 is 0. The number of amides is 1. The van der Waals surface area contributed by atoms with E-state index in [1.807, 2.05) is 18.2 Å². The van der Waals surface area contributed by atoms with Crippen LogP contribution in [0.2, 0.25) is 0 Å². The summed E-state index contributed by atoms with van der Waals surface area (Å²) in [6.07, 6.45) is 2.62. The molecule has 19 heavy (non-hydrogen) atoms. The summed E-state index contributed by atoms with van der Waals surface area (Å²) in [4.78, 5) is 11.1. The molecule has 0 atom stereocenters. The number of rotatable bonds is 1. The average Bonchev–Trinajstić information content (AvgIpc) is 2.60. The number of benzene rings is 1. The van der Waals surface area contributed by atoms with Crippen molar-refractivity contribution < 1.29 is 4.79 Å². The Morgan fingerprint density at radius 1 is 1.26 bits per heavy atom. The third-order valence-corrected chi connectivity index (χ3v) is 12.3. The molecule has 0 spiro atoms. The largest absolute Gasteiger partial charge is 0.326 e. The molecule has 9 heteroatoms. The number of para-hydroxylation sites is 1. The first-order valence-electron chi connectivity index (χ1n) is 5.30. The first kappa shape index (κ1) is 17.4. The predicted octanol–water partition coefficient (Wildman–Crippen LogP) is 3.67. The second kappa shape index (κ2) is 11.1. The van der Waals surface area contributed by atoms with E-state index in [4.69, 9.17) is 0 Å². The van der Waals surface area contributed by atoms with Gasteiger partial charge in [-0.25, -0.2) is 0 Å². The lowest BCUT2D eigenvalue weighted by atomic mass is 10.1. The fourth-order valence-electron chi connectivity index (χ4n) is 1.55. The van der Waals surface area contributed by atoms with Gasteiger partial charge in [0, 0.05) is 26.2 Å². The van der Waals surface area contributed by atoms with E-state index in [9.17, 15) is 4.79 Å². The maximum atomic E-state index is 11.1. The molecule has 0 saturated carbocycles. The van der Waals surface area contributed by atoms with Crippen LogP contribution in [0.4, 0.5) is 5.69 Å². The van der Waals surface area contributed by atoms with Crippen molar-refractivity contribution in [1.82, 2.24) is 0 Å². The van der Waals surface area contributed by atoms with Crippen molar-refractivity contribution >= 4 is 75.9 Å². The number of anilines is 1. The molecular formula is C10H11NOP2S5. The van der Waals surface area contributed by atoms with E-state index < -0.39 is 0 Å². The number of hydrogen-bond donors (Lipinski definition) is 1. The number of carbonyl (C=O) groups excluding carboxylic acids is 1. The van der Waals surface area contributed by atoms with Crippen LogP contribution in [-0.4, -0.2) is 5.91 Å². The van der Waals surface area contributed by atoms with E-state index in [-0.39, 0.29) is 5.91 Å². The quantitative estimate of drug-likeness (QED) is 0.751. The minimum atomic E-state index is 0.139. The lowest BCUT2D eigenvalue weighted by molar-refractivity contribution is -0.116. The Morgan fingerprint density at radius 3 is 2.79 bits per heavy atom. The van der Waals surface area contributed by atoms with E-state index in [1.165, 1.54) is 21.5 Å². The third-order valence-electron chi connectivity index (χ3n) is 2.27. The molecule has 0 aromatic heterocycles. The van der Waals surface area contributed by atoms with E-state index in [0.717, 1.165) is 25.6 Å². The summed E-state index contributed by atoms with van der Waals surface area (Å²) in [5, 5.41) is 2.88. The van der Waals surface area contributed by atoms with Crippen molar-refractivity contribution in [2.24, 2.45) is 0 Å². The zero-order chi connectivity index (χ0) is 13.9. The SMILES string of the molecule is O=C1CCCc2ccccc2N1.S=PP=S=S=S=S. The van der Waals surface area contributed by atoms with Gasteiger partial charge in [-0.3, -0.25) is 4.79 Å². The fourth-order valence-corrected chi connectivity index (χ4v) is 11.1. The van der Waals surface area contributed by atoms with Gasteiger partial charge in [0.05, 0.1) is 0 Å². The highest BCUT2D eigenvalue weighted by Crippen LogP contribution is 2.20. The molecular weight excluding hydrogens is 372 g/mol. The molecule has 1 aromatic rings. The molecule has 1 heterocycles. The monoisotopic (exact) mass is 383 g/mol. The Hall–Kier alpha value is 0.390. The van der Waals surface area contributed by atoms with E-state index in [2.05, 4.69) is 34.4 Å². The maximum absolute atomic E-state index is 11.1. The standard InChI is InChI=1S/C10H11NO.P2S5/c12-10-7-3-5-8-4-1-2-6-9(8)11-10;3-1-2-5-7-6-4/h1-2,4,6H,3,5,7H2,(H,11,12);. The third kappa shape index (κ3) is 7.66. The van der Waals surface area contributed by atoms with Crippen LogP contribution in [0.3, 0.4) is 0 Å². The number of fused-ring (bicyclic) bond motifs is 1. The molecule has 0 fully saturated rings. The van der Waals surface area contributed by atoms with Crippen LogP contribution in [0.15, 0.2) is 24.3 Å². The average molecular weight is 383 g/mol. The van der Waals surface area contributed by atoms with Gasteiger partial charge in [-0.1, -0.05) is 18.2 Å². The van der Waals surface area contributed by atoms with Crippen molar-refractivity contribution in [3.63, 3.8) is 0 Å². The van der Waals surface area contributed by atoms with Gasteiger partial charge >= 0.3 is 0 Å². The number of nitrogens with one attached hydrogen (secondary N) is 1. The number of aryl methyl sites for hydroxylation is 1. The molecule has 0 radical (unpaired) electrons. The minimum absolute atomic E-state index is 0.139. The Kier molecular flexibility index (Phi) is 10.2. The summed E-state index contributed by atoms with van der Waals surface area (Å²) in [7, 11) is 6.83. The van der Waals surface area contributed by atoms with Gasteiger partial charge in [0.15, 0.2) is 0 Å². The summed E-state index contributed by atoms with van der Waals surface area (Å²) in [6, 6.07) is 7.99. The first-order chi connectivity index (χ1) is 9.27. The molecule has 0 aliphatic carbocycles. The molecule has 2 rings (SSSR count). The fraction of sp³-hybridized carbons (Fsp3) is 0.300. The second-order valence-corrected chi connectivity index (χ2v) is 13.2. The summed E-state index contributed by atoms with van der Waals surface area (Å²) in [5.74, 6) is 0.139. The molecule has 1 amide bonds. The van der Waals surface area contributed by atoms with E-state index >= 15 is 0 Å². The highest BCUT2D eigenvalue weighted by atomic mass is 33.3. The van der Waals surface area contributed by atoms with Gasteiger partial charge in [0.25, 0.3) is 0 Å². The minimum Gasteiger partial charge on any atom is -0.326 e. The smallest absolute Gasteiger partial charge is 0.224 e.